The number of carbonyl (C=O) groups excluding carboxylic acids is 1. The van der Waals surface area contributed by atoms with E-state index in [1.807, 2.05) is 44.2 Å². The fourth-order valence-corrected chi connectivity index (χ4v) is 2.20. The Morgan fingerprint density at radius 2 is 1.95 bits per heavy atom. The van der Waals surface area contributed by atoms with E-state index in [0.717, 1.165) is 17.7 Å². The van der Waals surface area contributed by atoms with E-state index >= 15 is 0 Å². The molecular formula is C16H19NO2. The molecule has 2 rings (SSSR count). The molecule has 1 aromatic carbocycles. The zero-order valence-electron chi connectivity index (χ0n) is 11.6. The topological polar surface area (TPSA) is 42.2 Å². The molecule has 0 spiro atoms. The number of nitrogens with one attached hydrogen (secondary N) is 1. The Kier molecular flexibility index (Phi) is 4.05. The number of aryl methyl sites for hydroxylation is 2. The Hall–Kier alpha value is -2.03. The Morgan fingerprint density at radius 3 is 2.47 bits per heavy atom. The quantitative estimate of drug-likeness (QED) is 0.905. The van der Waals surface area contributed by atoms with E-state index in [4.69, 9.17) is 4.42 Å². The summed E-state index contributed by atoms with van der Waals surface area (Å²) in [5.74, 6) is 1.35. The molecule has 0 aliphatic heterocycles. The molecule has 3 nitrogen and oxygen atoms in total. The van der Waals surface area contributed by atoms with E-state index in [9.17, 15) is 4.79 Å². The van der Waals surface area contributed by atoms with Crippen molar-refractivity contribution in [1.82, 2.24) is 5.32 Å². The fourth-order valence-electron chi connectivity index (χ4n) is 2.20. The molecule has 3 heteroatoms. The number of carbonyl (C=O) groups is 1. The van der Waals surface area contributed by atoms with E-state index in [2.05, 4.69) is 12.2 Å². The van der Waals surface area contributed by atoms with Gasteiger partial charge in [0.1, 0.15) is 11.5 Å². The molecular weight excluding hydrogens is 238 g/mol. The SMILES string of the molecule is CC[C@@H](NC(=O)c1cc(C)oc1C)c1ccccc1. The van der Waals surface area contributed by atoms with Gasteiger partial charge in [-0.05, 0) is 31.9 Å². The highest BCUT2D eigenvalue weighted by atomic mass is 16.3. The van der Waals surface area contributed by atoms with Gasteiger partial charge in [-0.3, -0.25) is 4.79 Å². The van der Waals surface area contributed by atoms with Crippen LogP contribution < -0.4 is 5.32 Å². The molecule has 1 heterocycles. The summed E-state index contributed by atoms with van der Waals surface area (Å²) in [6, 6.07) is 11.8. The predicted octanol–water partition coefficient (Wildman–Crippen LogP) is 3.78. The van der Waals surface area contributed by atoms with Crippen molar-refractivity contribution in [1.29, 1.82) is 0 Å². The Morgan fingerprint density at radius 1 is 1.26 bits per heavy atom. The maximum atomic E-state index is 12.3. The number of rotatable bonds is 4. The largest absolute Gasteiger partial charge is 0.466 e. The van der Waals surface area contributed by atoms with Crippen LogP contribution in [0.4, 0.5) is 0 Å². The molecule has 2 aromatic rings. The van der Waals surface area contributed by atoms with Crippen LogP contribution in [0.3, 0.4) is 0 Å². The molecule has 0 aliphatic rings. The molecule has 0 unspecified atom stereocenters. The molecule has 1 N–H and O–H groups in total. The predicted molar refractivity (Wildman–Crippen MR) is 75.1 cm³/mol. The lowest BCUT2D eigenvalue weighted by atomic mass is 10.0. The highest BCUT2D eigenvalue weighted by Crippen LogP contribution is 2.19. The maximum Gasteiger partial charge on any atom is 0.255 e. The lowest BCUT2D eigenvalue weighted by molar-refractivity contribution is 0.0934. The summed E-state index contributed by atoms with van der Waals surface area (Å²) in [5.41, 5.74) is 1.74. The lowest BCUT2D eigenvalue weighted by Crippen LogP contribution is -2.28. The number of hydrogen-bond acceptors (Lipinski definition) is 2. The average molecular weight is 257 g/mol. The van der Waals surface area contributed by atoms with E-state index in [1.165, 1.54) is 0 Å². The van der Waals surface area contributed by atoms with Crippen LogP contribution in [0.25, 0.3) is 0 Å². The van der Waals surface area contributed by atoms with Crippen LogP contribution in [0.2, 0.25) is 0 Å². The Labute approximate surface area is 113 Å². The van der Waals surface area contributed by atoms with Gasteiger partial charge in [-0.2, -0.15) is 0 Å². The van der Waals surface area contributed by atoms with Crippen molar-refractivity contribution in [2.75, 3.05) is 0 Å². The monoisotopic (exact) mass is 257 g/mol. The highest BCUT2D eigenvalue weighted by Gasteiger charge is 2.17. The third kappa shape index (κ3) is 3.05. The number of amides is 1. The van der Waals surface area contributed by atoms with Crippen LogP contribution in [-0.2, 0) is 0 Å². The first-order valence-electron chi connectivity index (χ1n) is 6.54. The van der Waals surface area contributed by atoms with Gasteiger partial charge in [0.25, 0.3) is 5.91 Å². The lowest BCUT2D eigenvalue weighted by Gasteiger charge is -2.17. The zero-order valence-corrected chi connectivity index (χ0v) is 11.6. The third-order valence-electron chi connectivity index (χ3n) is 3.20. The second-order valence-corrected chi connectivity index (χ2v) is 4.67. The van der Waals surface area contributed by atoms with Gasteiger partial charge in [-0.1, -0.05) is 37.3 Å². The van der Waals surface area contributed by atoms with Gasteiger partial charge in [0.2, 0.25) is 0 Å². The Bertz CT molecular complexity index is 557. The summed E-state index contributed by atoms with van der Waals surface area (Å²) < 4.78 is 5.40. The van der Waals surface area contributed by atoms with Gasteiger partial charge in [0.05, 0.1) is 11.6 Å². The zero-order chi connectivity index (χ0) is 13.8. The Balaban J connectivity index is 2.15. The van der Waals surface area contributed by atoms with Crippen LogP contribution in [0.1, 0.15) is 46.8 Å². The van der Waals surface area contributed by atoms with Crippen LogP contribution in [-0.4, -0.2) is 5.91 Å². The fraction of sp³-hybridized carbons (Fsp3) is 0.312. The summed E-state index contributed by atoms with van der Waals surface area (Å²) in [5, 5.41) is 3.05. The van der Waals surface area contributed by atoms with E-state index in [-0.39, 0.29) is 11.9 Å². The second-order valence-electron chi connectivity index (χ2n) is 4.67. The molecule has 0 fully saturated rings. The molecule has 1 atom stereocenters. The first-order valence-corrected chi connectivity index (χ1v) is 6.54. The van der Waals surface area contributed by atoms with Crippen molar-refractivity contribution in [3.63, 3.8) is 0 Å². The van der Waals surface area contributed by atoms with Crippen molar-refractivity contribution >= 4 is 5.91 Å². The first kappa shape index (κ1) is 13.4. The van der Waals surface area contributed by atoms with Gasteiger partial charge >= 0.3 is 0 Å². The molecule has 1 aromatic heterocycles. The normalized spacial score (nSPS) is 12.2. The molecule has 0 bridgehead atoms. The first-order chi connectivity index (χ1) is 9.11. The minimum Gasteiger partial charge on any atom is -0.466 e. The summed E-state index contributed by atoms with van der Waals surface area (Å²) >= 11 is 0. The molecule has 0 saturated heterocycles. The maximum absolute atomic E-state index is 12.3. The summed E-state index contributed by atoms with van der Waals surface area (Å²) in [6.07, 6.45) is 0.853. The van der Waals surface area contributed by atoms with Crippen molar-refractivity contribution in [3.05, 3.63) is 59.0 Å². The molecule has 0 aliphatic carbocycles. The van der Waals surface area contributed by atoms with E-state index in [1.54, 1.807) is 6.07 Å². The molecule has 19 heavy (non-hydrogen) atoms. The van der Waals surface area contributed by atoms with Gasteiger partial charge in [0, 0.05) is 0 Å². The standard InChI is InChI=1S/C16H19NO2/c1-4-15(13-8-6-5-7-9-13)17-16(18)14-10-11(2)19-12(14)3/h5-10,15H,4H2,1-3H3,(H,17,18)/t15-/m1/s1. The van der Waals surface area contributed by atoms with Crippen LogP contribution >= 0.6 is 0 Å². The highest BCUT2D eigenvalue weighted by molar-refractivity contribution is 5.95. The van der Waals surface area contributed by atoms with Gasteiger partial charge in [-0.15, -0.1) is 0 Å². The van der Waals surface area contributed by atoms with Crippen molar-refractivity contribution in [2.45, 2.75) is 33.2 Å². The summed E-state index contributed by atoms with van der Waals surface area (Å²) in [7, 11) is 0. The van der Waals surface area contributed by atoms with Crippen LogP contribution in [0.5, 0.6) is 0 Å². The summed E-state index contributed by atoms with van der Waals surface area (Å²) in [6.45, 7) is 5.72. The smallest absolute Gasteiger partial charge is 0.255 e. The molecule has 0 radical (unpaired) electrons. The van der Waals surface area contributed by atoms with Gasteiger partial charge in [0.15, 0.2) is 0 Å². The molecule has 0 saturated carbocycles. The number of benzene rings is 1. The van der Waals surface area contributed by atoms with Gasteiger partial charge < -0.3 is 9.73 Å². The second kappa shape index (κ2) is 5.74. The van der Waals surface area contributed by atoms with E-state index < -0.39 is 0 Å². The number of furan rings is 1. The van der Waals surface area contributed by atoms with Crippen LogP contribution in [0.15, 0.2) is 40.8 Å². The van der Waals surface area contributed by atoms with Crippen molar-refractivity contribution in [2.24, 2.45) is 0 Å². The molecule has 100 valence electrons. The average Bonchev–Trinajstić information content (AvgIpc) is 2.76. The summed E-state index contributed by atoms with van der Waals surface area (Å²) in [4.78, 5) is 12.3. The van der Waals surface area contributed by atoms with Crippen molar-refractivity contribution in [3.8, 4) is 0 Å². The van der Waals surface area contributed by atoms with Gasteiger partial charge in [-0.25, -0.2) is 0 Å². The van der Waals surface area contributed by atoms with Crippen LogP contribution in [0, 0.1) is 13.8 Å². The van der Waals surface area contributed by atoms with Crippen molar-refractivity contribution < 1.29 is 9.21 Å². The minimum atomic E-state index is -0.0787. The third-order valence-corrected chi connectivity index (χ3v) is 3.20. The minimum absolute atomic E-state index is 0.0308. The number of hydrogen-bond donors (Lipinski definition) is 1. The molecule has 1 amide bonds. The van der Waals surface area contributed by atoms with E-state index in [0.29, 0.717) is 11.3 Å².